The van der Waals surface area contributed by atoms with E-state index in [4.69, 9.17) is 16.0 Å². The van der Waals surface area contributed by atoms with E-state index in [1.807, 2.05) is 0 Å². The van der Waals surface area contributed by atoms with Crippen LogP contribution in [0.15, 0.2) is 27.5 Å². The molecule has 9 nitrogen and oxygen atoms in total. The van der Waals surface area contributed by atoms with E-state index in [1.165, 1.54) is 27.0 Å². The monoisotopic (exact) mass is 402 g/mol. The third-order valence-electron chi connectivity index (χ3n) is 3.61. The van der Waals surface area contributed by atoms with Gasteiger partial charge in [0.15, 0.2) is 0 Å². The molecule has 0 spiro atoms. The van der Waals surface area contributed by atoms with Crippen LogP contribution < -0.4 is 4.72 Å². The van der Waals surface area contributed by atoms with Crippen molar-refractivity contribution in [3.05, 3.63) is 56.0 Å². The van der Waals surface area contributed by atoms with Gasteiger partial charge in [-0.15, -0.1) is 0 Å². The summed E-state index contributed by atoms with van der Waals surface area (Å²) in [7, 11) is -2.88. The summed E-state index contributed by atoms with van der Waals surface area (Å²) in [6.07, 6.45) is 0. The van der Waals surface area contributed by atoms with Gasteiger partial charge in [0, 0.05) is 11.6 Å². The fourth-order valence-corrected chi connectivity index (χ4v) is 3.50. The number of hydrogen-bond acceptors (Lipinski definition) is 7. The first kappa shape index (κ1) is 19.9. The van der Waals surface area contributed by atoms with Gasteiger partial charge in [0.1, 0.15) is 17.1 Å². The average Bonchev–Trinajstić information content (AvgIpc) is 2.95. The number of nitrogens with one attached hydrogen (secondary N) is 1. The summed E-state index contributed by atoms with van der Waals surface area (Å²) >= 11 is 5.89. The van der Waals surface area contributed by atoms with Gasteiger partial charge in [-0.1, -0.05) is 11.6 Å². The van der Waals surface area contributed by atoms with Gasteiger partial charge in [-0.25, -0.2) is 17.9 Å². The molecule has 0 fully saturated rings. The first-order valence-corrected chi connectivity index (χ1v) is 9.04. The zero-order valence-corrected chi connectivity index (χ0v) is 15.6. The Labute approximate surface area is 154 Å². The summed E-state index contributed by atoms with van der Waals surface area (Å²) in [4.78, 5) is 21.5. The van der Waals surface area contributed by atoms with Crippen molar-refractivity contribution < 1.29 is 27.3 Å². The predicted octanol–water partition coefficient (Wildman–Crippen LogP) is 2.72. The van der Waals surface area contributed by atoms with E-state index in [0.29, 0.717) is 0 Å². The van der Waals surface area contributed by atoms with Crippen LogP contribution in [0.4, 0.5) is 5.69 Å². The third-order valence-corrected chi connectivity index (χ3v) is 5.38. The van der Waals surface area contributed by atoms with Crippen LogP contribution in [-0.2, 0) is 21.3 Å². The number of halogens is 1. The molecule has 0 aliphatic heterocycles. The molecule has 2 aromatic rings. The van der Waals surface area contributed by atoms with Gasteiger partial charge < -0.3 is 9.15 Å². The highest BCUT2D eigenvalue weighted by Gasteiger charge is 2.23. The van der Waals surface area contributed by atoms with Crippen molar-refractivity contribution in [1.82, 2.24) is 4.72 Å². The molecule has 0 bridgehead atoms. The molecule has 2 rings (SSSR count). The first-order valence-electron chi connectivity index (χ1n) is 7.18. The number of aryl methyl sites for hydroxylation is 1. The number of nitro groups is 1. The average molecular weight is 403 g/mol. The van der Waals surface area contributed by atoms with Crippen LogP contribution in [0.2, 0.25) is 5.02 Å². The summed E-state index contributed by atoms with van der Waals surface area (Å²) < 4.78 is 36.9. The highest BCUT2D eigenvalue weighted by atomic mass is 35.5. The molecule has 0 radical (unpaired) electrons. The van der Waals surface area contributed by atoms with Gasteiger partial charge in [0.05, 0.1) is 28.5 Å². The molecule has 0 atom stereocenters. The maximum absolute atomic E-state index is 12.4. The fraction of sp³-hybridized carbons (Fsp3) is 0.267. The summed E-state index contributed by atoms with van der Waals surface area (Å²) in [6.45, 7) is 2.69. The van der Waals surface area contributed by atoms with Crippen molar-refractivity contribution in [2.45, 2.75) is 25.3 Å². The van der Waals surface area contributed by atoms with Crippen molar-refractivity contribution in [1.29, 1.82) is 0 Å². The van der Waals surface area contributed by atoms with Crippen LogP contribution in [0.5, 0.6) is 0 Å². The third kappa shape index (κ3) is 4.03. The van der Waals surface area contributed by atoms with Crippen molar-refractivity contribution in [2.24, 2.45) is 0 Å². The number of furan rings is 1. The molecule has 11 heteroatoms. The lowest BCUT2D eigenvalue weighted by Gasteiger charge is -2.08. The van der Waals surface area contributed by atoms with Gasteiger partial charge in [0.25, 0.3) is 5.69 Å². The minimum Gasteiger partial charge on any atom is -0.465 e. The van der Waals surface area contributed by atoms with Gasteiger partial charge in [-0.3, -0.25) is 10.1 Å². The number of ether oxygens (including phenoxy) is 1. The lowest BCUT2D eigenvalue weighted by atomic mass is 10.2. The SMILES string of the molecule is COC(=O)c1cc(CNS(=O)(=O)c2cc(Cl)c(C)c([N+](=O)[O-])c2)oc1C. The van der Waals surface area contributed by atoms with Crippen molar-refractivity contribution >= 4 is 33.3 Å². The van der Waals surface area contributed by atoms with E-state index < -0.39 is 26.6 Å². The van der Waals surface area contributed by atoms with Gasteiger partial charge in [0.2, 0.25) is 10.0 Å². The van der Waals surface area contributed by atoms with Crippen LogP contribution in [0.25, 0.3) is 0 Å². The van der Waals surface area contributed by atoms with Crippen LogP contribution in [0, 0.1) is 24.0 Å². The number of nitro benzene ring substituents is 1. The number of hydrogen-bond donors (Lipinski definition) is 1. The van der Waals surface area contributed by atoms with E-state index in [2.05, 4.69) is 9.46 Å². The molecule has 0 unspecified atom stereocenters. The van der Waals surface area contributed by atoms with Crippen LogP contribution in [-0.4, -0.2) is 26.4 Å². The van der Waals surface area contributed by atoms with Crippen molar-refractivity contribution in [2.75, 3.05) is 7.11 Å². The van der Waals surface area contributed by atoms with Crippen LogP contribution in [0.1, 0.15) is 27.4 Å². The summed E-state index contributed by atoms with van der Waals surface area (Å²) in [6, 6.07) is 3.41. The summed E-state index contributed by atoms with van der Waals surface area (Å²) in [5, 5.41) is 11.0. The number of rotatable bonds is 6. The molecule has 1 heterocycles. The van der Waals surface area contributed by atoms with E-state index >= 15 is 0 Å². The second kappa shape index (κ2) is 7.44. The minimum atomic E-state index is -4.10. The smallest absolute Gasteiger partial charge is 0.341 e. The summed E-state index contributed by atoms with van der Waals surface area (Å²) in [5.74, 6) is -0.152. The normalized spacial score (nSPS) is 11.4. The molecule has 0 amide bonds. The highest BCUT2D eigenvalue weighted by molar-refractivity contribution is 7.89. The predicted molar refractivity (Wildman–Crippen MR) is 91.7 cm³/mol. The van der Waals surface area contributed by atoms with Gasteiger partial charge in [-0.2, -0.15) is 0 Å². The Morgan fingerprint density at radius 2 is 2.00 bits per heavy atom. The maximum atomic E-state index is 12.4. The van der Waals surface area contributed by atoms with E-state index in [0.717, 1.165) is 12.1 Å². The van der Waals surface area contributed by atoms with Crippen molar-refractivity contribution in [3.8, 4) is 0 Å². The Bertz CT molecular complexity index is 982. The molecule has 140 valence electrons. The number of nitrogens with zero attached hydrogens (tertiary/aromatic N) is 1. The molecular formula is C15H15ClN2O7S. The molecule has 0 aliphatic rings. The number of benzene rings is 1. The lowest BCUT2D eigenvalue weighted by molar-refractivity contribution is -0.385. The lowest BCUT2D eigenvalue weighted by Crippen LogP contribution is -2.23. The van der Waals surface area contributed by atoms with Crippen molar-refractivity contribution in [3.63, 3.8) is 0 Å². The van der Waals surface area contributed by atoms with Crippen LogP contribution >= 0.6 is 11.6 Å². The van der Waals surface area contributed by atoms with E-state index in [9.17, 15) is 23.3 Å². The molecule has 26 heavy (non-hydrogen) atoms. The molecule has 1 aromatic heterocycles. The molecule has 0 saturated heterocycles. The number of sulfonamides is 1. The zero-order valence-electron chi connectivity index (χ0n) is 14.0. The Hall–Kier alpha value is -2.43. The molecule has 1 aromatic carbocycles. The van der Waals surface area contributed by atoms with Gasteiger partial charge >= 0.3 is 5.97 Å². The first-order chi connectivity index (χ1) is 12.1. The fourth-order valence-electron chi connectivity index (χ4n) is 2.18. The Morgan fingerprint density at radius 3 is 2.58 bits per heavy atom. The molecule has 0 saturated carbocycles. The number of carbonyl (C=O) groups is 1. The molecule has 1 N–H and O–H groups in total. The van der Waals surface area contributed by atoms with E-state index in [1.54, 1.807) is 0 Å². The molecular weight excluding hydrogens is 388 g/mol. The summed E-state index contributed by atoms with van der Waals surface area (Å²) in [5.41, 5.74) is -0.0598. The number of esters is 1. The zero-order chi connectivity index (χ0) is 19.6. The van der Waals surface area contributed by atoms with E-state index in [-0.39, 0.29) is 39.1 Å². The second-order valence-electron chi connectivity index (χ2n) is 5.31. The minimum absolute atomic E-state index is 0.0404. The largest absolute Gasteiger partial charge is 0.465 e. The topological polar surface area (TPSA) is 129 Å². The van der Waals surface area contributed by atoms with Crippen LogP contribution in [0.3, 0.4) is 0 Å². The standard InChI is InChI=1S/C15H15ClN2O7S/c1-8-13(16)5-11(6-14(8)18(20)21)26(22,23)17-7-10-4-12(9(2)25-10)15(19)24-3/h4-6,17H,7H2,1-3H3. The Balaban J connectivity index is 2.27. The Morgan fingerprint density at radius 1 is 1.35 bits per heavy atom. The number of methoxy groups -OCH3 is 1. The second-order valence-corrected chi connectivity index (χ2v) is 7.48. The maximum Gasteiger partial charge on any atom is 0.341 e. The number of carbonyl (C=O) groups excluding carboxylic acids is 1. The highest BCUT2D eigenvalue weighted by Crippen LogP contribution is 2.29. The van der Waals surface area contributed by atoms with Gasteiger partial charge in [-0.05, 0) is 26.0 Å². The molecule has 0 aliphatic carbocycles. The Kier molecular flexibility index (Phi) is 5.69. The quantitative estimate of drug-likeness (QED) is 0.446.